The maximum absolute atomic E-state index is 10.5. The fraction of sp³-hybridized carbons (Fsp3) is 1.00. The lowest BCUT2D eigenvalue weighted by Crippen LogP contribution is -2.38. The number of hydrogen-bond donors (Lipinski definition) is 1. The predicted molar refractivity (Wildman–Crippen MR) is 49.9 cm³/mol. The van der Waals surface area contributed by atoms with Gasteiger partial charge >= 0.3 is 0 Å². The van der Waals surface area contributed by atoms with Gasteiger partial charge in [0.25, 0.3) is 0 Å². The lowest BCUT2D eigenvalue weighted by atomic mass is 9.79. The third-order valence-corrected chi connectivity index (χ3v) is 4.13. The van der Waals surface area contributed by atoms with Crippen LogP contribution in [-0.4, -0.2) is 10.7 Å². The summed E-state index contributed by atoms with van der Waals surface area (Å²) in [7, 11) is 0. The number of hydrogen-bond acceptors (Lipinski definition) is 1. The Labute approximate surface area is 75.2 Å². The number of aliphatic hydroxyl groups is 1. The van der Waals surface area contributed by atoms with Crippen LogP contribution < -0.4 is 0 Å². The van der Waals surface area contributed by atoms with Crippen molar-refractivity contribution < 1.29 is 5.11 Å². The van der Waals surface area contributed by atoms with Gasteiger partial charge < -0.3 is 5.11 Å². The summed E-state index contributed by atoms with van der Waals surface area (Å²) in [5.41, 5.74) is -0.267. The zero-order chi connectivity index (χ0) is 8.60. The Bertz CT molecular complexity index is 166. The molecular formula is C11H20O. The van der Waals surface area contributed by atoms with E-state index >= 15 is 0 Å². The minimum Gasteiger partial charge on any atom is -0.389 e. The molecule has 2 aliphatic rings. The van der Waals surface area contributed by atoms with Gasteiger partial charge in [0.15, 0.2) is 0 Å². The van der Waals surface area contributed by atoms with Gasteiger partial charge in [-0.05, 0) is 37.5 Å². The topological polar surface area (TPSA) is 20.2 Å². The van der Waals surface area contributed by atoms with Crippen LogP contribution in [0.15, 0.2) is 0 Å². The van der Waals surface area contributed by atoms with Gasteiger partial charge in [-0.3, -0.25) is 0 Å². The second kappa shape index (κ2) is 3.02. The Morgan fingerprint density at radius 1 is 1.08 bits per heavy atom. The van der Waals surface area contributed by atoms with Crippen LogP contribution in [0.25, 0.3) is 0 Å². The summed E-state index contributed by atoms with van der Waals surface area (Å²) in [5, 5.41) is 10.5. The average Bonchev–Trinajstić information content (AvgIpc) is 2.37. The van der Waals surface area contributed by atoms with Crippen LogP contribution in [0.4, 0.5) is 0 Å². The average molecular weight is 168 g/mol. The molecule has 0 aromatic rings. The van der Waals surface area contributed by atoms with Crippen LogP contribution >= 0.6 is 0 Å². The third-order valence-electron chi connectivity index (χ3n) is 4.13. The first-order chi connectivity index (χ1) is 5.73. The zero-order valence-corrected chi connectivity index (χ0v) is 8.05. The van der Waals surface area contributed by atoms with Crippen molar-refractivity contribution in [3.8, 4) is 0 Å². The Morgan fingerprint density at radius 2 is 1.75 bits per heavy atom. The minimum absolute atomic E-state index is 0.267. The SMILES string of the molecule is C[C@H]1CCCC[C@H]2CCC[C@]21O. The summed E-state index contributed by atoms with van der Waals surface area (Å²) in [4.78, 5) is 0. The highest BCUT2D eigenvalue weighted by Crippen LogP contribution is 2.47. The minimum atomic E-state index is -0.267. The lowest BCUT2D eigenvalue weighted by molar-refractivity contribution is -0.0433. The van der Waals surface area contributed by atoms with Crippen LogP contribution in [-0.2, 0) is 0 Å². The normalized spacial score (nSPS) is 48.5. The van der Waals surface area contributed by atoms with E-state index in [1.54, 1.807) is 0 Å². The maximum atomic E-state index is 10.5. The summed E-state index contributed by atoms with van der Waals surface area (Å²) in [6.45, 7) is 2.24. The van der Waals surface area contributed by atoms with Crippen LogP contribution in [0, 0.1) is 11.8 Å². The van der Waals surface area contributed by atoms with Gasteiger partial charge in [-0.1, -0.05) is 26.2 Å². The third kappa shape index (κ3) is 1.19. The van der Waals surface area contributed by atoms with Gasteiger partial charge in [-0.25, -0.2) is 0 Å². The van der Waals surface area contributed by atoms with E-state index in [0.717, 1.165) is 6.42 Å². The molecule has 3 atom stereocenters. The van der Waals surface area contributed by atoms with Crippen molar-refractivity contribution in [2.45, 2.75) is 57.5 Å². The summed E-state index contributed by atoms with van der Waals surface area (Å²) in [6.07, 6.45) is 8.80. The molecule has 0 aliphatic heterocycles. The molecule has 2 fully saturated rings. The molecule has 0 radical (unpaired) electrons. The Hall–Kier alpha value is -0.0400. The van der Waals surface area contributed by atoms with E-state index in [-0.39, 0.29) is 5.60 Å². The molecule has 2 rings (SSSR count). The van der Waals surface area contributed by atoms with Gasteiger partial charge in [0.2, 0.25) is 0 Å². The van der Waals surface area contributed by atoms with Crippen molar-refractivity contribution in [3.63, 3.8) is 0 Å². The second-order valence-electron chi connectivity index (χ2n) is 4.77. The first-order valence-corrected chi connectivity index (χ1v) is 5.46. The van der Waals surface area contributed by atoms with Crippen LogP contribution in [0.1, 0.15) is 51.9 Å². The zero-order valence-electron chi connectivity index (χ0n) is 8.05. The standard InChI is InChI=1S/C11H20O/c1-9-5-2-3-6-10-7-4-8-11(9,10)12/h9-10,12H,2-8H2,1H3/t9-,10-,11+/m0/s1. The molecule has 1 heteroatoms. The smallest absolute Gasteiger partial charge is 0.0701 e. The highest BCUT2D eigenvalue weighted by molar-refractivity contribution is 4.97. The van der Waals surface area contributed by atoms with Gasteiger partial charge in [0, 0.05) is 0 Å². The van der Waals surface area contributed by atoms with Gasteiger partial charge in [0.1, 0.15) is 0 Å². The van der Waals surface area contributed by atoms with E-state index < -0.39 is 0 Å². The van der Waals surface area contributed by atoms with E-state index in [2.05, 4.69) is 6.92 Å². The highest BCUT2D eigenvalue weighted by atomic mass is 16.3. The van der Waals surface area contributed by atoms with Gasteiger partial charge in [-0.15, -0.1) is 0 Å². The summed E-state index contributed by atoms with van der Waals surface area (Å²) in [6, 6.07) is 0. The highest BCUT2D eigenvalue weighted by Gasteiger charge is 2.45. The molecular weight excluding hydrogens is 148 g/mol. The first-order valence-electron chi connectivity index (χ1n) is 5.46. The van der Waals surface area contributed by atoms with Crippen molar-refractivity contribution in [3.05, 3.63) is 0 Å². The molecule has 0 unspecified atom stereocenters. The maximum Gasteiger partial charge on any atom is 0.0701 e. The molecule has 2 saturated carbocycles. The second-order valence-corrected chi connectivity index (χ2v) is 4.77. The van der Waals surface area contributed by atoms with Crippen LogP contribution in [0.2, 0.25) is 0 Å². The molecule has 2 aliphatic carbocycles. The lowest BCUT2D eigenvalue weighted by Gasteiger charge is -2.33. The Balaban J connectivity index is 2.17. The fourth-order valence-corrected chi connectivity index (χ4v) is 3.22. The van der Waals surface area contributed by atoms with Crippen molar-refractivity contribution in [2.75, 3.05) is 0 Å². The van der Waals surface area contributed by atoms with Crippen LogP contribution in [0.5, 0.6) is 0 Å². The first kappa shape index (κ1) is 8.55. The Kier molecular flexibility index (Phi) is 2.16. The quantitative estimate of drug-likeness (QED) is 0.589. The molecule has 0 aromatic heterocycles. The predicted octanol–water partition coefficient (Wildman–Crippen LogP) is 2.73. The van der Waals surface area contributed by atoms with Gasteiger partial charge in [0.05, 0.1) is 5.60 Å². The molecule has 0 saturated heterocycles. The van der Waals surface area contributed by atoms with Crippen molar-refractivity contribution in [2.24, 2.45) is 11.8 Å². The molecule has 70 valence electrons. The summed E-state index contributed by atoms with van der Waals surface area (Å²) in [5.74, 6) is 1.18. The summed E-state index contributed by atoms with van der Waals surface area (Å²) < 4.78 is 0. The van der Waals surface area contributed by atoms with E-state index in [9.17, 15) is 5.11 Å². The fourth-order valence-electron chi connectivity index (χ4n) is 3.22. The molecule has 0 amide bonds. The number of rotatable bonds is 0. The number of fused-ring (bicyclic) bond motifs is 1. The van der Waals surface area contributed by atoms with Gasteiger partial charge in [-0.2, -0.15) is 0 Å². The molecule has 0 bridgehead atoms. The summed E-state index contributed by atoms with van der Waals surface area (Å²) >= 11 is 0. The van der Waals surface area contributed by atoms with Crippen molar-refractivity contribution >= 4 is 0 Å². The molecule has 12 heavy (non-hydrogen) atoms. The molecule has 1 nitrogen and oxygen atoms in total. The monoisotopic (exact) mass is 168 g/mol. The van der Waals surface area contributed by atoms with E-state index in [1.807, 2.05) is 0 Å². The van der Waals surface area contributed by atoms with Crippen molar-refractivity contribution in [1.82, 2.24) is 0 Å². The molecule has 0 aromatic carbocycles. The molecule has 1 N–H and O–H groups in total. The van der Waals surface area contributed by atoms with Crippen LogP contribution in [0.3, 0.4) is 0 Å². The van der Waals surface area contributed by atoms with E-state index in [0.29, 0.717) is 11.8 Å². The Morgan fingerprint density at radius 3 is 2.58 bits per heavy atom. The largest absolute Gasteiger partial charge is 0.389 e. The molecule has 0 spiro atoms. The van der Waals surface area contributed by atoms with E-state index in [4.69, 9.17) is 0 Å². The van der Waals surface area contributed by atoms with Crippen molar-refractivity contribution in [1.29, 1.82) is 0 Å². The molecule has 0 heterocycles. The van der Waals surface area contributed by atoms with E-state index in [1.165, 1.54) is 38.5 Å².